The van der Waals surface area contributed by atoms with E-state index in [1.807, 2.05) is 6.07 Å². The number of ether oxygens (including phenoxy) is 1. The van der Waals surface area contributed by atoms with E-state index in [1.54, 1.807) is 30.5 Å². The highest BCUT2D eigenvalue weighted by Crippen LogP contribution is 2.27. The van der Waals surface area contributed by atoms with Crippen molar-refractivity contribution in [1.29, 1.82) is 0 Å². The minimum absolute atomic E-state index is 0.00721. The molecule has 2 aromatic carbocycles. The van der Waals surface area contributed by atoms with Gasteiger partial charge in [-0.15, -0.1) is 11.3 Å². The minimum atomic E-state index is -0.307. The highest BCUT2D eigenvalue weighted by atomic mass is 32.1. The van der Waals surface area contributed by atoms with Crippen molar-refractivity contribution in [1.82, 2.24) is 4.98 Å². The summed E-state index contributed by atoms with van der Waals surface area (Å²) in [6, 6.07) is 11.6. The van der Waals surface area contributed by atoms with Crippen LogP contribution in [0.1, 0.15) is 22.4 Å². The molecule has 148 valence electrons. The highest BCUT2D eigenvalue weighted by Gasteiger charge is 2.15. The van der Waals surface area contributed by atoms with E-state index >= 15 is 0 Å². The van der Waals surface area contributed by atoms with Crippen LogP contribution in [0.15, 0.2) is 48.7 Å². The van der Waals surface area contributed by atoms with Crippen molar-refractivity contribution in [3.8, 4) is 5.75 Å². The van der Waals surface area contributed by atoms with Gasteiger partial charge in [0.1, 0.15) is 11.6 Å². The van der Waals surface area contributed by atoms with Crippen molar-refractivity contribution >= 4 is 34.0 Å². The molecule has 8 heteroatoms. The first kappa shape index (κ1) is 19.1. The van der Waals surface area contributed by atoms with E-state index in [9.17, 15) is 14.0 Å². The van der Waals surface area contributed by atoms with Crippen LogP contribution in [-0.4, -0.2) is 23.4 Å². The largest absolute Gasteiger partial charge is 0.484 e. The first-order chi connectivity index (χ1) is 14.0. The Bertz CT molecular complexity index is 1050. The van der Waals surface area contributed by atoms with Gasteiger partial charge in [0.15, 0.2) is 11.7 Å². The molecule has 0 aliphatic carbocycles. The van der Waals surface area contributed by atoms with Crippen LogP contribution in [0, 0.1) is 5.82 Å². The highest BCUT2D eigenvalue weighted by molar-refractivity contribution is 7.15. The second kappa shape index (κ2) is 8.40. The number of hydrogen-bond donors (Lipinski definition) is 2. The summed E-state index contributed by atoms with van der Waals surface area (Å²) in [6.45, 7) is -0.141. The van der Waals surface area contributed by atoms with Crippen LogP contribution >= 0.6 is 11.3 Å². The molecule has 0 radical (unpaired) electrons. The second-order valence-corrected chi connectivity index (χ2v) is 7.75. The summed E-state index contributed by atoms with van der Waals surface area (Å²) in [5.74, 6) is 0.00682. The lowest BCUT2D eigenvalue weighted by molar-refractivity contribution is -0.118. The Morgan fingerprint density at radius 1 is 1.21 bits per heavy atom. The van der Waals surface area contributed by atoms with E-state index in [0.29, 0.717) is 30.1 Å². The Hall–Kier alpha value is -3.26. The molecule has 3 aromatic rings. The number of carbonyl (C=O) groups is 2. The number of thiazole rings is 1. The van der Waals surface area contributed by atoms with Crippen molar-refractivity contribution < 1.29 is 18.7 Å². The van der Waals surface area contributed by atoms with Gasteiger partial charge in [0.2, 0.25) is 5.91 Å². The Morgan fingerprint density at radius 3 is 2.86 bits per heavy atom. The van der Waals surface area contributed by atoms with Crippen molar-refractivity contribution in [2.24, 2.45) is 0 Å². The van der Waals surface area contributed by atoms with Crippen LogP contribution in [0.4, 0.5) is 15.2 Å². The topological polar surface area (TPSA) is 80.3 Å². The standard InChI is InChI=1S/C21H18FN3O3S/c22-15-4-1-13(2-5-15)9-17-11-23-21(29-17)25-20(27)12-28-16-6-7-18-14(10-16)3-8-19(26)24-18/h1-2,4-7,10-11H,3,8-9,12H2,(H,24,26)(H,23,25,27). The zero-order valence-electron chi connectivity index (χ0n) is 15.4. The Balaban J connectivity index is 1.29. The van der Waals surface area contributed by atoms with Gasteiger partial charge in [0.25, 0.3) is 5.91 Å². The average molecular weight is 411 g/mol. The zero-order chi connectivity index (χ0) is 20.2. The number of halogens is 1. The quantitative estimate of drug-likeness (QED) is 0.647. The monoisotopic (exact) mass is 411 g/mol. The SMILES string of the molecule is O=C(COc1ccc2c(c1)CCC(=O)N2)Nc1ncc(Cc2ccc(F)cc2)s1. The molecule has 0 atom stereocenters. The summed E-state index contributed by atoms with van der Waals surface area (Å²) in [6.07, 6.45) is 3.42. The molecule has 0 fully saturated rings. The number of amides is 2. The van der Waals surface area contributed by atoms with E-state index in [4.69, 9.17) is 4.74 Å². The molecule has 29 heavy (non-hydrogen) atoms. The normalized spacial score (nSPS) is 12.8. The van der Waals surface area contributed by atoms with Gasteiger partial charge in [-0.25, -0.2) is 9.37 Å². The van der Waals surface area contributed by atoms with Crippen LogP contribution in [0.3, 0.4) is 0 Å². The molecule has 0 unspecified atom stereocenters. The average Bonchev–Trinajstić information content (AvgIpc) is 3.14. The minimum Gasteiger partial charge on any atom is -0.484 e. The third kappa shape index (κ3) is 4.97. The van der Waals surface area contributed by atoms with E-state index in [-0.39, 0.29) is 24.2 Å². The van der Waals surface area contributed by atoms with Crippen LogP contribution in [0.5, 0.6) is 5.75 Å². The molecule has 4 rings (SSSR count). The van der Waals surface area contributed by atoms with Crippen molar-refractivity contribution in [2.45, 2.75) is 19.3 Å². The molecule has 0 saturated carbocycles. The van der Waals surface area contributed by atoms with E-state index in [1.165, 1.54) is 23.5 Å². The van der Waals surface area contributed by atoms with Crippen molar-refractivity contribution in [2.75, 3.05) is 17.2 Å². The molecule has 0 spiro atoms. The number of nitrogens with zero attached hydrogens (tertiary/aromatic N) is 1. The summed E-state index contributed by atoms with van der Waals surface area (Å²) in [7, 11) is 0. The van der Waals surface area contributed by atoms with Gasteiger partial charge in [-0.1, -0.05) is 12.1 Å². The number of nitrogens with one attached hydrogen (secondary N) is 2. The van der Waals surface area contributed by atoms with E-state index < -0.39 is 0 Å². The number of hydrogen-bond acceptors (Lipinski definition) is 5. The van der Waals surface area contributed by atoms with Gasteiger partial charge < -0.3 is 10.1 Å². The first-order valence-corrected chi connectivity index (χ1v) is 9.91. The van der Waals surface area contributed by atoms with Gasteiger partial charge in [0, 0.05) is 29.6 Å². The van der Waals surface area contributed by atoms with Crippen LogP contribution in [0.2, 0.25) is 0 Å². The molecule has 1 aliphatic rings. The zero-order valence-corrected chi connectivity index (χ0v) is 16.2. The van der Waals surface area contributed by atoms with Crippen LogP contribution in [0.25, 0.3) is 0 Å². The lowest BCUT2D eigenvalue weighted by Crippen LogP contribution is -2.21. The fourth-order valence-electron chi connectivity index (χ4n) is 3.00. The lowest BCUT2D eigenvalue weighted by atomic mass is 10.0. The Labute approximate surface area is 170 Å². The van der Waals surface area contributed by atoms with Crippen molar-refractivity contribution in [3.63, 3.8) is 0 Å². The summed E-state index contributed by atoms with van der Waals surface area (Å²) < 4.78 is 18.5. The maximum atomic E-state index is 13.0. The van der Waals surface area contributed by atoms with Crippen molar-refractivity contribution in [3.05, 3.63) is 70.5 Å². The number of benzene rings is 2. The number of aryl methyl sites for hydroxylation is 1. The first-order valence-electron chi connectivity index (χ1n) is 9.10. The molecule has 2 heterocycles. The maximum Gasteiger partial charge on any atom is 0.264 e. The summed E-state index contributed by atoms with van der Waals surface area (Å²) >= 11 is 1.37. The summed E-state index contributed by atoms with van der Waals surface area (Å²) in [5.41, 5.74) is 2.75. The van der Waals surface area contributed by atoms with E-state index in [0.717, 1.165) is 21.7 Å². The molecular weight excluding hydrogens is 393 g/mol. The Morgan fingerprint density at radius 2 is 2.03 bits per heavy atom. The van der Waals surface area contributed by atoms with E-state index in [2.05, 4.69) is 15.6 Å². The molecule has 1 aromatic heterocycles. The molecule has 6 nitrogen and oxygen atoms in total. The Kier molecular flexibility index (Phi) is 5.53. The molecule has 1 aliphatic heterocycles. The van der Waals surface area contributed by atoms with Gasteiger partial charge in [-0.05, 0) is 47.9 Å². The van der Waals surface area contributed by atoms with Gasteiger partial charge >= 0.3 is 0 Å². The number of anilines is 2. The fourth-order valence-corrected chi connectivity index (χ4v) is 3.87. The third-order valence-electron chi connectivity index (χ3n) is 4.43. The van der Waals surface area contributed by atoms with Gasteiger partial charge in [-0.2, -0.15) is 0 Å². The number of aromatic nitrogens is 1. The van der Waals surface area contributed by atoms with Crippen LogP contribution in [-0.2, 0) is 22.4 Å². The number of rotatable bonds is 6. The summed E-state index contributed by atoms with van der Waals surface area (Å²) in [4.78, 5) is 28.7. The third-order valence-corrected chi connectivity index (χ3v) is 5.35. The second-order valence-electron chi connectivity index (χ2n) is 6.64. The fraction of sp³-hybridized carbons (Fsp3) is 0.190. The molecule has 0 bridgehead atoms. The van der Waals surface area contributed by atoms with Gasteiger partial charge in [0.05, 0.1) is 0 Å². The number of carbonyl (C=O) groups excluding carboxylic acids is 2. The lowest BCUT2D eigenvalue weighted by Gasteiger charge is -2.17. The summed E-state index contributed by atoms with van der Waals surface area (Å²) in [5, 5.41) is 6.02. The number of fused-ring (bicyclic) bond motifs is 1. The predicted octanol–water partition coefficient (Wildman–Crippen LogP) is 3.78. The molecule has 2 amide bonds. The molecule has 0 saturated heterocycles. The van der Waals surface area contributed by atoms with Crippen LogP contribution < -0.4 is 15.4 Å². The smallest absolute Gasteiger partial charge is 0.264 e. The van der Waals surface area contributed by atoms with Gasteiger partial charge in [-0.3, -0.25) is 14.9 Å². The molecule has 2 N–H and O–H groups in total. The maximum absolute atomic E-state index is 13.0. The predicted molar refractivity (Wildman–Crippen MR) is 109 cm³/mol. The molecular formula is C21H18FN3O3S.